The largest absolute Gasteiger partial charge is 0.573 e. The first kappa shape index (κ1) is 12.8. The van der Waals surface area contributed by atoms with Gasteiger partial charge in [-0.05, 0) is 17.7 Å². The Hall–Kier alpha value is -1.63. The molecule has 2 N–H and O–H groups in total. The van der Waals surface area contributed by atoms with Gasteiger partial charge in [-0.25, -0.2) is 4.79 Å². The monoisotopic (exact) mass is 280 g/mol. The molecule has 0 unspecified atom stereocenters. The molecule has 0 spiro atoms. The van der Waals surface area contributed by atoms with E-state index in [0.717, 1.165) is 6.07 Å². The summed E-state index contributed by atoms with van der Waals surface area (Å²) >= 11 is 5.69. The summed E-state index contributed by atoms with van der Waals surface area (Å²) in [6, 6.07) is 3.24. The van der Waals surface area contributed by atoms with Gasteiger partial charge in [-0.1, -0.05) is 17.7 Å². The molecular weight excluding hydrogens is 273 g/mol. The van der Waals surface area contributed by atoms with Crippen molar-refractivity contribution in [3.05, 3.63) is 28.8 Å². The van der Waals surface area contributed by atoms with Gasteiger partial charge in [0.2, 0.25) is 0 Å². The van der Waals surface area contributed by atoms with Gasteiger partial charge in [-0.3, -0.25) is 0 Å². The van der Waals surface area contributed by atoms with E-state index in [9.17, 15) is 18.0 Å². The number of hydrogen-bond donors (Lipinski definition) is 2. The molecule has 1 aliphatic rings. The Morgan fingerprint density at radius 2 is 2.11 bits per heavy atom. The summed E-state index contributed by atoms with van der Waals surface area (Å²) in [6.45, 7) is 0.356. The van der Waals surface area contributed by atoms with Gasteiger partial charge in [0.1, 0.15) is 5.75 Å². The number of amides is 2. The molecular formula is C10H8ClF3N2O2. The van der Waals surface area contributed by atoms with Gasteiger partial charge in [0.15, 0.2) is 0 Å². The molecule has 1 aliphatic heterocycles. The first-order valence-electron chi connectivity index (χ1n) is 4.95. The van der Waals surface area contributed by atoms with Crippen molar-refractivity contribution in [3.8, 4) is 5.75 Å². The Balaban J connectivity index is 2.17. The average molecular weight is 281 g/mol. The second-order valence-corrected chi connectivity index (χ2v) is 4.05. The fourth-order valence-electron chi connectivity index (χ4n) is 1.60. The first-order chi connectivity index (χ1) is 8.35. The maximum Gasteiger partial charge on any atom is 0.573 e. The molecule has 0 radical (unpaired) electrons. The molecule has 0 aliphatic carbocycles. The topological polar surface area (TPSA) is 50.4 Å². The smallest absolute Gasteiger partial charge is 0.404 e. The zero-order valence-corrected chi connectivity index (χ0v) is 9.60. The third kappa shape index (κ3) is 2.98. The number of halogens is 4. The van der Waals surface area contributed by atoms with Crippen molar-refractivity contribution >= 4 is 17.6 Å². The van der Waals surface area contributed by atoms with Gasteiger partial charge < -0.3 is 15.4 Å². The number of carbonyl (C=O) groups excluding carboxylic acids is 1. The van der Waals surface area contributed by atoms with Gasteiger partial charge in [0.25, 0.3) is 0 Å². The van der Waals surface area contributed by atoms with Crippen molar-refractivity contribution in [1.82, 2.24) is 10.6 Å². The van der Waals surface area contributed by atoms with Crippen molar-refractivity contribution < 1.29 is 22.7 Å². The van der Waals surface area contributed by atoms with E-state index in [2.05, 4.69) is 15.4 Å². The highest BCUT2D eigenvalue weighted by Crippen LogP contribution is 2.32. The lowest BCUT2D eigenvalue weighted by molar-refractivity contribution is -0.274. The fourth-order valence-corrected chi connectivity index (χ4v) is 1.83. The van der Waals surface area contributed by atoms with E-state index in [0.29, 0.717) is 12.1 Å². The number of nitrogens with one attached hydrogen (secondary N) is 2. The normalized spacial score (nSPS) is 19.3. The summed E-state index contributed by atoms with van der Waals surface area (Å²) in [7, 11) is 0. The predicted octanol–water partition coefficient (Wildman–Crippen LogP) is 2.59. The zero-order valence-electron chi connectivity index (χ0n) is 8.84. The quantitative estimate of drug-likeness (QED) is 0.875. The molecule has 0 aromatic heterocycles. The lowest BCUT2D eigenvalue weighted by atomic mass is 10.1. The Kier molecular flexibility index (Phi) is 3.25. The van der Waals surface area contributed by atoms with E-state index in [4.69, 9.17) is 11.6 Å². The molecule has 1 saturated heterocycles. The summed E-state index contributed by atoms with van der Waals surface area (Å²) in [5.74, 6) is -0.467. The zero-order chi connectivity index (χ0) is 13.3. The van der Waals surface area contributed by atoms with Gasteiger partial charge in [-0.15, -0.1) is 13.2 Å². The van der Waals surface area contributed by atoms with Gasteiger partial charge >= 0.3 is 12.4 Å². The fraction of sp³-hybridized carbons (Fsp3) is 0.300. The van der Waals surface area contributed by atoms with Crippen LogP contribution in [-0.4, -0.2) is 18.9 Å². The Morgan fingerprint density at radius 3 is 2.61 bits per heavy atom. The molecule has 0 bridgehead atoms. The van der Waals surface area contributed by atoms with Crippen LogP contribution in [-0.2, 0) is 0 Å². The maximum atomic E-state index is 12.0. The highest BCUT2D eigenvalue weighted by Gasteiger charge is 2.32. The van der Waals surface area contributed by atoms with Crippen LogP contribution in [0.2, 0.25) is 5.02 Å². The maximum absolute atomic E-state index is 12.0. The minimum absolute atomic E-state index is 0.161. The molecule has 98 valence electrons. The van der Waals surface area contributed by atoms with Gasteiger partial charge in [-0.2, -0.15) is 0 Å². The number of benzene rings is 1. The lowest BCUT2D eigenvalue weighted by Gasteiger charge is -2.13. The average Bonchev–Trinajstić information content (AvgIpc) is 2.66. The molecule has 1 aromatic carbocycles. The van der Waals surface area contributed by atoms with Crippen molar-refractivity contribution in [2.24, 2.45) is 0 Å². The van der Waals surface area contributed by atoms with Crippen LogP contribution in [0.5, 0.6) is 5.75 Å². The van der Waals surface area contributed by atoms with Crippen LogP contribution < -0.4 is 15.4 Å². The molecule has 1 fully saturated rings. The van der Waals surface area contributed by atoms with Crippen LogP contribution in [0, 0.1) is 0 Å². The van der Waals surface area contributed by atoms with Gasteiger partial charge in [0.05, 0.1) is 11.1 Å². The van der Waals surface area contributed by atoms with E-state index in [-0.39, 0.29) is 17.1 Å². The second-order valence-electron chi connectivity index (χ2n) is 3.64. The predicted molar refractivity (Wildman–Crippen MR) is 57.4 cm³/mol. The van der Waals surface area contributed by atoms with Crippen LogP contribution in [0.4, 0.5) is 18.0 Å². The number of urea groups is 1. The van der Waals surface area contributed by atoms with Crippen molar-refractivity contribution in [1.29, 1.82) is 0 Å². The Morgan fingerprint density at radius 1 is 1.39 bits per heavy atom. The van der Waals surface area contributed by atoms with Crippen LogP contribution >= 0.6 is 11.6 Å². The van der Waals surface area contributed by atoms with Crippen LogP contribution in [0.1, 0.15) is 11.6 Å². The molecule has 0 saturated carbocycles. The van der Waals surface area contributed by atoms with E-state index in [1.54, 1.807) is 0 Å². The second kappa shape index (κ2) is 4.56. The standard InChI is InChI=1S/C10H8ClF3N2O2/c11-6-3-5(7-4-15-9(17)16-7)1-2-8(6)18-10(12,13)14/h1-3,7H,4H2,(H2,15,16,17)/t7-/m0/s1. The number of ether oxygens (including phenoxy) is 1. The number of carbonyl (C=O) groups is 1. The molecule has 2 amide bonds. The van der Waals surface area contributed by atoms with E-state index >= 15 is 0 Å². The summed E-state index contributed by atoms with van der Waals surface area (Å²) in [5, 5.41) is 4.97. The Bertz CT molecular complexity index is 479. The molecule has 1 atom stereocenters. The highest BCUT2D eigenvalue weighted by atomic mass is 35.5. The summed E-state index contributed by atoms with van der Waals surface area (Å²) in [6.07, 6.45) is -4.78. The molecule has 4 nitrogen and oxygen atoms in total. The van der Waals surface area contributed by atoms with E-state index in [1.165, 1.54) is 12.1 Å². The third-order valence-corrected chi connectivity index (χ3v) is 2.65. The van der Waals surface area contributed by atoms with Crippen LogP contribution in [0.3, 0.4) is 0 Å². The van der Waals surface area contributed by atoms with Crippen LogP contribution in [0.15, 0.2) is 18.2 Å². The van der Waals surface area contributed by atoms with E-state index in [1.807, 2.05) is 0 Å². The third-order valence-electron chi connectivity index (χ3n) is 2.36. The molecule has 1 heterocycles. The van der Waals surface area contributed by atoms with E-state index < -0.39 is 12.1 Å². The highest BCUT2D eigenvalue weighted by molar-refractivity contribution is 6.32. The van der Waals surface area contributed by atoms with Gasteiger partial charge in [0, 0.05) is 6.54 Å². The van der Waals surface area contributed by atoms with Crippen LogP contribution in [0.25, 0.3) is 0 Å². The molecule has 2 rings (SSSR count). The Labute approximate surface area is 105 Å². The summed E-state index contributed by atoms with van der Waals surface area (Å²) in [5.41, 5.74) is 0.605. The molecule has 18 heavy (non-hydrogen) atoms. The molecule has 1 aromatic rings. The number of alkyl halides is 3. The van der Waals surface area contributed by atoms with Crippen molar-refractivity contribution in [2.45, 2.75) is 12.4 Å². The van der Waals surface area contributed by atoms with Crippen molar-refractivity contribution in [3.63, 3.8) is 0 Å². The van der Waals surface area contributed by atoms with Crippen molar-refractivity contribution in [2.75, 3.05) is 6.54 Å². The number of hydrogen-bond acceptors (Lipinski definition) is 2. The SMILES string of the molecule is O=C1NC[C@@H](c2ccc(OC(F)(F)F)c(Cl)c2)N1. The molecule has 8 heteroatoms. The minimum atomic E-state index is -4.78. The first-order valence-corrected chi connectivity index (χ1v) is 5.32. The summed E-state index contributed by atoms with van der Waals surface area (Å²) in [4.78, 5) is 10.9. The minimum Gasteiger partial charge on any atom is -0.404 e. The summed E-state index contributed by atoms with van der Waals surface area (Å²) < 4.78 is 39.8. The lowest BCUT2D eigenvalue weighted by Crippen LogP contribution is -2.21. The number of rotatable bonds is 2.